The molecule has 0 unspecified atom stereocenters. The van der Waals surface area contributed by atoms with Gasteiger partial charge in [-0.1, -0.05) is 134 Å². The predicted molar refractivity (Wildman–Crippen MR) is 201 cm³/mol. The molecule has 284 valence electrons. The number of ether oxygens (including phenoxy) is 3. The van der Waals surface area contributed by atoms with Crippen LogP contribution in [0, 0.1) is 0 Å². The van der Waals surface area contributed by atoms with Gasteiger partial charge >= 0.3 is 17.9 Å². The molecular formula is C42H74O7. The van der Waals surface area contributed by atoms with Crippen molar-refractivity contribution in [3.63, 3.8) is 0 Å². The van der Waals surface area contributed by atoms with E-state index < -0.39 is 11.9 Å². The topological polar surface area (TPSA) is 96.0 Å². The number of hydrogen-bond acceptors (Lipinski definition) is 7. The second kappa shape index (κ2) is 38.4. The molecule has 7 nitrogen and oxygen atoms in total. The summed E-state index contributed by atoms with van der Waals surface area (Å²) in [4.78, 5) is 45.7. The lowest BCUT2D eigenvalue weighted by atomic mass is 10.1. The Kier molecular flexibility index (Phi) is 36.5. The fraction of sp³-hybridized carbons (Fsp3) is 0.810. The number of rotatable bonds is 37. The van der Waals surface area contributed by atoms with Gasteiger partial charge in [0, 0.05) is 12.8 Å². The molecule has 0 aliphatic heterocycles. The van der Waals surface area contributed by atoms with Crippen LogP contribution in [0.2, 0.25) is 0 Å². The van der Waals surface area contributed by atoms with E-state index in [4.69, 9.17) is 9.47 Å². The highest BCUT2D eigenvalue weighted by Gasteiger charge is 2.13. The van der Waals surface area contributed by atoms with E-state index in [1.54, 1.807) is 0 Å². The molecule has 0 fully saturated rings. The first-order chi connectivity index (χ1) is 24.0. The molecule has 0 amide bonds. The average molecular weight is 691 g/mol. The van der Waals surface area contributed by atoms with E-state index in [-0.39, 0.29) is 31.5 Å². The maximum absolute atomic E-state index is 12.6. The van der Waals surface area contributed by atoms with Crippen molar-refractivity contribution in [2.24, 2.45) is 0 Å². The monoisotopic (exact) mass is 691 g/mol. The first kappa shape index (κ1) is 46.6. The van der Waals surface area contributed by atoms with Crippen LogP contribution in [0.25, 0.3) is 0 Å². The Labute approximate surface area is 300 Å². The molecular weight excluding hydrogens is 616 g/mol. The second-order valence-corrected chi connectivity index (χ2v) is 13.5. The highest BCUT2D eigenvalue weighted by molar-refractivity contribution is 5.78. The van der Waals surface area contributed by atoms with Gasteiger partial charge in [-0.15, -0.1) is 0 Å². The highest BCUT2D eigenvalue weighted by Crippen LogP contribution is 2.16. The van der Waals surface area contributed by atoms with E-state index in [2.05, 4.69) is 42.9 Å². The van der Waals surface area contributed by atoms with E-state index in [1.165, 1.54) is 96.3 Å². The molecule has 0 N–H and O–H groups in total. The summed E-state index contributed by atoms with van der Waals surface area (Å²) in [5.41, 5.74) is 0. The average Bonchev–Trinajstić information content (AvgIpc) is 3.10. The van der Waals surface area contributed by atoms with Gasteiger partial charge in [0.05, 0.1) is 19.4 Å². The molecule has 0 saturated heterocycles. The zero-order chi connectivity index (χ0) is 35.9. The largest absolute Gasteiger partial charge is 0.466 e. The van der Waals surface area contributed by atoms with Crippen LogP contribution in [0.3, 0.4) is 0 Å². The molecule has 0 aromatic heterocycles. The minimum Gasteiger partial charge on any atom is -0.466 e. The number of carbonyl (C=O) groups is 4. The molecule has 0 radical (unpaired) electrons. The van der Waals surface area contributed by atoms with Gasteiger partial charge in [0.1, 0.15) is 12.7 Å². The third kappa shape index (κ3) is 36.7. The Morgan fingerprint density at radius 3 is 1.53 bits per heavy atom. The number of aldehydes is 1. The molecule has 0 rings (SSSR count). The molecule has 0 aromatic rings. The molecule has 0 saturated carbocycles. The second-order valence-electron chi connectivity index (χ2n) is 13.5. The van der Waals surface area contributed by atoms with Gasteiger partial charge in [-0.05, 0) is 64.2 Å². The van der Waals surface area contributed by atoms with Crippen molar-refractivity contribution < 1.29 is 33.4 Å². The van der Waals surface area contributed by atoms with Gasteiger partial charge < -0.3 is 14.2 Å². The van der Waals surface area contributed by atoms with Crippen LogP contribution in [0.4, 0.5) is 0 Å². The van der Waals surface area contributed by atoms with Gasteiger partial charge in [0.2, 0.25) is 0 Å². The Morgan fingerprint density at radius 1 is 0.490 bits per heavy atom. The summed E-state index contributed by atoms with van der Waals surface area (Å²) < 4.78 is 15.7. The minimum absolute atomic E-state index is 0.00545. The minimum atomic E-state index is -0.566. The molecule has 0 aliphatic rings. The quantitative estimate of drug-likeness (QED) is 0.0210. The molecule has 1 atom stereocenters. The van der Waals surface area contributed by atoms with Gasteiger partial charge in [0.15, 0.2) is 6.29 Å². The summed E-state index contributed by atoms with van der Waals surface area (Å²) >= 11 is 0. The van der Waals surface area contributed by atoms with Crippen LogP contribution in [0.15, 0.2) is 24.3 Å². The zero-order valence-corrected chi connectivity index (χ0v) is 31.7. The molecule has 0 aliphatic carbocycles. The summed E-state index contributed by atoms with van der Waals surface area (Å²) in [6.45, 7) is 4.58. The summed E-state index contributed by atoms with van der Waals surface area (Å²) in [6, 6.07) is 0. The molecule has 0 heterocycles. The lowest BCUT2D eigenvalue weighted by Gasteiger charge is -2.16. The highest BCUT2D eigenvalue weighted by atomic mass is 16.5. The van der Waals surface area contributed by atoms with Gasteiger partial charge in [0.25, 0.3) is 0 Å². The van der Waals surface area contributed by atoms with Crippen LogP contribution >= 0.6 is 0 Å². The Morgan fingerprint density at radius 2 is 0.959 bits per heavy atom. The fourth-order valence-corrected chi connectivity index (χ4v) is 5.71. The summed E-state index contributed by atoms with van der Waals surface area (Å²) in [5.74, 6) is -1.01. The molecule has 7 heteroatoms. The van der Waals surface area contributed by atoms with Crippen molar-refractivity contribution in [3.8, 4) is 0 Å². The van der Waals surface area contributed by atoms with Gasteiger partial charge in [-0.3, -0.25) is 19.2 Å². The van der Waals surface area contributed by atoms with Crippen molar-refractivity contribution in [1.82, 2.24) is 0 Å². The third-order valence-corrected chi connectivity index (χ3v) is 8.76. The Hall–Kier alpha value is -2.44. The van der Waals surface area contributed by atoms with Crippen molar-refractivity contribution in [2.75, 3.05) is 13.2 Å². The van der Waals surface area contributed by atoms with Crippen molar-refractivity contribution in [3.05, 3.63) is 24.3 Å². The van der Waals surface area contributed by atoms with Crippen LogP contribution in [0.1, 0.15) is 200 Å². The summed E-state index contributed by atoms with van der Waals surface area (Å²) in [6.07, 6.45) is 40.4. The smallest absolute Gasteiger partial charge is 0.306 e. The zero-order valence-electron chi connectivity index (χ0n) is 31.7. The first-order valence-electron chi connectivity index (χ1n) is 20.3. The summed E-state index contributed by atoms with van der Waals surface area (Å²) in [7, 11) is 0. The Balaban J connectivity index is 3.92. The first-order valence-corrected chi connectivity index (χ1v) is 20.3. The lowest BCUT2D eigenvalue weighted by Crippen LogP contribution is -2.17. The van der Waals surface area contributed by atoms with Crippen LogP contribution < -0.4 is 0 Å². The molecule has 0 aromatic carbocycles. The van der Waals surface area contributed by atoms with E-state index >= 15 is 0 Å². The van der Waals surface area contributed by atoms with Crippen molar-refractivity contribution in [1.29, 1.82) is 0 Å². The van der Waals surface area contributed by atoms with E-state index in [1.807, 2.05) is 0 Å². The number of unbranched alkanes of at least 4 members (excludes halogenated alkanes) is 20. The SMILES string of the molecule is CCCCCCCC/C=C\CCCCCCCC(=O)O[C@@H](C/C=C\CCCCCCCCOC(=O)CCC(=O)OCC=O)CCCCCC. The number of esters is 3. The Bertz CT molecular complexity index is 835. The van der Waals surface area contributed by atoms with Crippen molar-refractivity contribution in [2.45, 2.75) is 206 Å². The third-order valence-electron chi connectivity index (χ3n) is 8.76. The van der Waals surface area contributed by atoms with E-state index in [0.29, 0.717) is 19.3 Å². The predicted octanol–water partition coefficient (Wildman–Crippen LogP) is 11.6. The maximum atomic E-state index is 12.6. The van der Waals surface area contributed by atoms with Crippen molar-refractivity contribution >= 4 is 24.2 Å². The van der Waals surface area contributed by atoms with E-state index in [0.717, 1.165) is 70.6 Å². The van der Waals surface area contributed by atoms with Gasteiger partial charge in [-0.25, -0.2) is 0 Å². The summed E-state index contributed by atoms with van der Waals surface area (Å²) in [5, 5.41) is 0. The normalized spacial score (nSPS) is 12.0. The van der Waals surface area contributed by atoms with Crippen LogP contribution in [-0.4, -0.2) is 43.5 Å². The van der Waals surface area contributed by atoms with Crippen LogP contribution in [0.5, 0.6) is 0 Å². The molecule has 0 spiro atoms. The van der Waals surface area contributed by atoms with Crippen LogP contribution in [-0.2, 0) is 33.4 Å². The maximum Gasteiger partial charge on any atom is 0.306 e. The standard InChI is InChI=1S/C42H74O7/c1-3-5-7-9-10-11-12-13-14-15-16-19-22-25-29-33-42(46)49-39(31-27-8-6-4-2)32-28-24-21-18-17-20-23-26-30-37-47-40(44)34-35-41(45)48-38-36-43/h13-14,24,28,36,39H,3-12,15-23,25-27,29-35,37-38H2,1-2H3/b14-13-,28-24-/t39-/m1/s1. The number of hydrogen-bond donors (Lipinski definition) is 0. The molecule has 0 bridgehead atoms. The van der Waals surface area contributed by atoms with Gasteiger partial charge in [-0.2, -0.15) is 0 Å². The number of allylic oxidation sites excluding steroid dienone is 3. The van der Waals surface area contributed by atoms with E-state index in [9.17, 15) is 19.2 Å². The lowest BCUT2D eigenvalue weighted by molar-refractivity contribution is -0.151. The molecule has 49 heavy (non-hydrogen) atoms. The number of carbonyl (C=O) groups excluding carboxylic acids is 4. The fourth-order valence-electron chi connectivity index (χ4n) is 5.71.